The van der Waals surface area contributed by atoms with Crippen molar-refractivity contribution in [2.45, 2.75) is 45.1 Å². The molecule has 1 aliphatic carbocycles. The van der Waals surface area contributed by atoms with Gasteiger partial charge in [-0.25, -0.2) is 9.37 Å². The van der Waals surface area contributed by atoms with Gasteiger partial charge in [0.1, 0.15) is 12.1 Å². The van der Waals surface area contributed by atoms with E-state index in [-0.39, 0.29) is 24.3 Å². The zero-order valence-corrected chi connectivity index (χ0v) is 21.4. The Balaban J connectivity index is 1.68. The number of ketones is 1. The lowest BCUT2D eigenvalue weighted by molar-refractivity contribution is 0.0738. The molecule has 0 amide bonds. The molecule has 0 radical (unpaired) electrons. The van der Waals surface area contributed by atoms with Crippen molar-refractivity contribution in [2.75, 3.05) is 19.1 Å². The lowest BCUT2D eigenvalue weighted by atomic mass is 9.95. The molecule has 2 aromatic carbocycles. The topological polar surface area (TPSA) is 44.1 Å². The van der Waals surface area contributed by atoms with Crippen molar-refractivity contribution < 1.29 is 13.9 Å². The van der Waals surface area contributed by atoms with Crippen LogP contribution in [0.1, 0.15) is 53.6 Å². The molecule has 0 spiro atoms. The van der Waals surface area contributed by atoms with E-state index in [0.717, 1.165) is 42.1 Å². The van der Waals surface area contributed by atoms with Gasteiger partial charge in [0.05, 0.1) is 18.5 Å². The van der Waals surface area contributed by atoms with Gasteiger partial charge >= 0.3 is 0 Å². The van der Waals surface area contributed by atoms with E-state index in [9.17, 15) is 4.79 Å². The average molecular weight is 556 g/mol. The molecule has 0 aliphatic heterocycles. The Kier molecular flexibility index (Phi) is 8.44. The number of imidazole rings is 1. The smallest absolute Gasteiger partial charge is 0.188 e. The number of aromatic nitrogens is 2. The van der Waals surface area contributed by atoms with Crippen LogP contribution in [0.4, 0.5) is 4.39 Å². The minimum Gasteiger partial charge on any atom is -0.373 e. The van der Waals surface area contributed by atoms with E-state index in [1.54, 1.807) is 18.5 Å². The number of fused-ring (bicyclic) bond motifs is 1. The van der Waals surface area contributed by atoms with Crippen LogP contribution < -0.4 is 0 Å². The molecule has 0 unspecified atom stereocenters. The molecule has 0 atom stereocenters. The van der Waals surface area contributed by atoms with Gasteiger partial charge in [-0.05, 0) is 55.4 Å². The molecule has 1 heterocycles. The number of Topliss-reactive ketones (excluding diaryl/α,β-unsaturated/α-hetero) is 1. The number of aryl methyl sites for hydroxylation is 1. The van der Waals surface area contributed by atoms with Crippen LogP contribution in [-0.4, -0.2) is 34.4 Å². The zero-order valence-electron chi connectivity index (χ0n) is 18.3. The van der Waals surface area contributed by atoms with Crippen molar-refractivity contribution in [1.82, 2.24) is 9.55 Å². The fraction of sp³-hybridized carbons (Fsp3) is 0.440. The van der Waals surface area contributed by atoms with Crippen molar-refractivity contribution in [3.63, 3.8) is 0 Å². The monoisotopic (exact) mass is 554 g/mol. The molecule has 1 fully saturated rings. The van der Waals surface area contributed by atoms with Gasteiger partial charge in [-0.3, -0.25) is 4.79 Å². The second-order valence-corrected chi connectivity index (χ2v) is 10.3. The summed E-state index contributed by atoms with van der Waals surface area (Å²) in [5.41, 5.74) is 2.27. The summed E-state index contributed by atoms with van der Waals surface area (Å²) in [6.07, 6.45) is 6.94. The number of hydrogen-bond acceptors (Lipinski definition) is 3. The Morgan fingerprint density at radius 2 is 2.06 bits per heavy atom. The molecular weight excluding hydrogens is 530 g/mol. The Labute approximate surface area is 211 Å². The fourth-order valence-electron chi connectivity index (χ4n) is 3.89. The SMILES string of the molecule is O=C(COCC1CC1)c1cc2c(ncn2CCCCCCl)c(F)c1Cc1ccc(Br)cc1Cl. The zero-order chi connectivity index (χ0) is 23.4. The van der Waals surface area contributed by atoms with E-state index in [1.807, 2.05) is 16.7 Å². The number of alkyl halides is 1. The Morgan fingerprint density at radius 3 is 2.79 bits per heavy atom. The van der Waals surface area contributed by atoms with Crippen molar-refractivity contribution in [3.05, 3.63) is 62.6 Å². The molecule has 0 saturated heterocycles. The van der Waals surface area contributed by atoms with E-state index >= 15 is 4.39 Å². The first-order valence-corrected chi connectivity index (χ1v) is 13.0. The third-order valence-electron chi connectivity index (χ3n) is 5.96. The predicted octanol–water partition coefficient (Wildman–Crippen LogP) is 7.20. The molecule has 0 N–H and O–H groups in total. The fourth-order valence-corrected chi connectivity index (χ4v) is 4.82. The van der Waals surface area contributed by atoms with Crippen LogP contribution in [0.3, 0.4) is 0 Å². The molecule has 4 nitrogen and oxygen atoms in total. The lowest BCUT2D eigenvalue weighted by Gasteiger charge is -2.14. The summed E-state index contributed by atoms with van der Waals surface area (Å²) in [5.74, 6) is 0.472. The molecule has 1 aromatic heterocycles. The highest BCUT2D eigenvalue weighted by Gasteiger charge is 2.24. The third kappa shape index (κ3) is 6.16. The van der Waals surface area contributed by atoms with Crippen molar-refractivity contribution in [3.8, 4) is 0 Å². The lowest BCUT2D eigenvalue weighted by Crippen LogP contribution is -2.15. The molecule has 1 aliphatic rings. The quantitative estimate of drug-likeness (QED) is 0.135. The predicted molar refractivity (Wildman–Crippen MR) is 134 cm³/mol. The number of hydrogen-bond donors (Lipinski definition) is 0. The molecular formula is C25H26BrCl2FN2O2. The van der Waals surface area contributed by atoms with E-state index < -0.39 is 5.82 Å². The van der Waals surface area contributed by atoms with Crippen molar-refractivity contribution >= 4 is 55.9 Å². The highest BCUT2D eigenvalue weighted by atomic mass is 79.9. The summed E-state index contributed by atoms with van der Waals surface area (Å²) in [4.78, 5) is 17.5. The number of halogens is 4. The number of carbonyl (C=O) groups excluding carboxylic acids is 1. The normalized spacial score (nSPS) is 13.7. The van der Waals surface area contributed by atoms with Crippen LogP contribution in [0, 0.1) is 11.7 Å². The van der Waals surface area contributed by atoms with Gasteiger partial charge in [-0.15, -0.1) is 11.6 Å². The number of rotatable bonds is 12. The van der Waals surface area contributed by atoms with Crippen LogP contribution in [0.2, 0.25) is 5.02 Å². The van der Waals surface area contributed by atoms with Crippen LogP contribution in [0.5, 0.6) is 0 Å². The third-order valence-corrected chi connectivity index (χ3v) is 7.07. The largest absolute Gasteiger partial charge is 0.373 e. The first-order chi connectivity index (χ1) is 16.0. The maximum Gasteiger partial charge on any atom is 0.188 e. The summed E-state index contributed by atoms with van der Waals surface area (Å²) in [5, 5.41) is 0.511. The Bertz CT molecular complexity index is 1150. The molecule has 4 rings (SSSR count). The van der Waals surface area contributed by atoms with Gasteiger partial charge in [-0.1, -0.05) is 40.0 Å². The van der Waals surface area contributed by atoms with Crippen LogP contribution in [-0.2, 0) is 17.7 Å². The summed E-state index contributed by atoms with van der Waals surface area (Å²) in [6, 6.07) is 7.22. The first-order valence-electron chi connectivity index (χ1n) is 11.2. The molecule has 0 bridgehead atoms. The maximum atomic E-state index is 15.8. The van der Waals surface area contributed by atoms with Gasteiger partial charge in [-0.2, -0.15) is 0 Å². The Hall–Kier alpha value is -1.47. The minimum atomic E-state index is -0.475. The number of carbonyl (C=O) groups is 1. The average Bonchev–Trinajstić information content (AvgIpc) is 3.52. The van der Waals surface area contributed by atoms with Crippen molar-refractivity contribution in [1.29, 1.82) is 0 Å². The molecule has 33 heavy (non-hydrogen) atoms. The molecule has 8 heteroatoms. The van der Waals surface area contributed by atoms with Crippen LogP contribution in [0.25, 0.3) is 11.0 Å². The number of unbranched alkanes of at least 4 members (excludes halogenated alkanes) is 2. The highest BCUT2D eigenvalue weighted by molar-refractivity contribution is 9.10. The summed E-state index contributed by atoms with van der Waals surface area (Å²) in [6.45, 7) is 1.20. The number of nitrogens with zero attached hydrogens (tertiary/aromatic N) is 2. The Morgan fingerprint density at radius 1 is 1.24 bits per heavy atom. The second kappa shape index (κ2) is 11.3. The van der Waals surface area contributed by atoms with Crippen LogP contribution in [0.15, 0.2) is 35.1 Å². The van der Waals surface area contributed by atoms with E-state index in [2.05, 4.69) is 20.9 Å². The molecule has 1 saturated carbocycles. The summed E-state index contributed by atoms with van der Waals surface area (Å²) >= 11 is 15.6. The second-order valence-electron chi connectivity index (χ2n) is 8.57. The van der Waals surface area contributed by atoms with E-state index in [1.165, 1.54) is 0 Å². The number of benzene rings is 2. The number of ether oxygens (including phenoxy) is 1. The van der Waals surface area contributed by atoms with Gasteiger partial charge in [0.15, 0.2) is 11.6 Å². The molecule has 176 valence electrons. The standard InChI is InChI=1S/C25H26BrCl2FN2O2/c26-18-7-6-17(21(28)11-18)10-20-19(23(32)14-33-13-16-4-5-16)12-22-25(24(20)29)30-15-31(22)9-3-1-2-8-27/h6-7,11-12,15-16H,1-5,8-10,13-14H2. The van der Waals surface area contributed by atoms with Crippen molar-refractivity contribution in [2.24, 2.45) is 5.92 Å². The first kappa shape index (κ1) is 24.6. The van der Waals surface area contributed by atoms with Gasteiger partial charge in [0.2, 0.25) is 0 Å². The summed E-state index contributed by atoms with van der Waals surface area (Å²) in [7, 11) is 0. The van der Waals surface area contributed by atoms with Gasteiger partial charge < -0.3 is 9.30 Å². The van der Waals surface area contributed by atoms with E-state index in [4.69, 9.17) is 27.9 Å². The summed E-state index contributed by atoms with van der Waals surface area (Å²) < 4.78 is 24.1. The maximum absolute atomic E-state index is 15.8. The minimum absolute atomic E-state index is 0.0631. The highest BCUT2D eigenvalue weighted by Crippen LogP contribution is 2.31. The van der Waals surface area contributed by atoms with Gasteiger partial charge in [0, 0.05) is 39.5 Å². The van der Waals surface area contributed by atoms with Gasteiger partial charge in [0.25, 0.3) is 0 Å². The van der Waals surface area contributed by atoms with Crippen LogP contribution >= 0.6 is 39.1 Å². The molecule has 3 aromatic rings. The van der Waals surface area contributed by atoms with E-state index in [0.29, 0.717) is 46.6 Å².